The third-order valence-corrected chi connectivity index (χ3v) is 3.75. The van der Waals surface area contributed by atoms with Crippen LogP contribution in [0.3, 0.4) is 0 Å². The Balaban J connectivity index is 2.08. The molecule has 1 aromatic heterocycles. The minimum Gasteiger partial charge on any atom is -0.491 e. The quantitative estimate of drug-likeness (QED) is 0.793. The molecule has 0 radical (unpaired) electrons. The molecule has 2 rings (SSSR count). The van der Waals surface area contributed by atoms with Gasteiger partial charge in [-0.25, -0.2) is 4.79 Å². The number of esters is 1. The molecule has 0 aliphatic heterocycles. The van der Waals surface area contributed by atoms with Gasteiger partial charge >= 0.3 is 5.97 Å². The molecule has 5 nitrogen and oxygen atoms in total. The van der Waals surface area contributed by atoms with E-state index in [-0.39, 0.29) is 23.4 Å². The maximum absolute atomic E-state index is 12.1. The number of nitrogens with zero attached hydrogens (tertiary/aromatic N) is 1. The van der Waals surface area contributed by atoms with E-state index in [0.717, 1.165) is 25.7 Å². The van der Waals surface area contributed by atoms with Crippen molar-refractivity contribution in [1.82, 2.24) is 4.57 Å². The normalized spacial score (nSPS) is 17.5. The van der Waals surface area contributed by atoms with Crippen molar-refractivity contribution in [3.8, 4) is 5.75 Å². The van der Waals surface area contributed by atoms with Gasteiger partial charge in [-0.1, -0.05) is 6.42 Å². The van der Waals surface area contributed by atoms with Gasteiger partial charge in [-0.2, -0.15) is 0 Å². The SMILES string of the molecule is COc1cccn(C(C)C(=O)OC2CCCCC2)c1=O. The van der Waals surface area contributed by atoms with Crippen molar-refractivity contribution >= 4 is 5.97 Å². The smallest absolute Gasteiger partial charge is 0.329 e. The molecule has 1 aromatic rings. The summed E-state index contributed by atoms with van der Waals surface area (Å²) in [5, 5.41) is 0. The number of aromatic nitrogens is 1. The van der Waals surface area contributed by atoms with Crippen molar-refractivity contribution in [2.75, 3.05) is 7.11 Å². The Bertz CT molecular complexity index is 517. The fraction of sp³-hybridized carbons (Fsp3) is 0.600. The zero-order chi connectivity index (χ0) is 14.5. The van der Waals surface area contributed by atoms with Gasteiger partial charge in [0.2, 0.25) is 0 Å². The summed E-state index contributed by atoms with van der Waals surface area (Å²) in [6, 6.07) is 2.63. The minimum absolute atomic E-state index is 0.00000911. The average molecular weight is 279 g/mol. The third-order valence-electron chi connectivity index (χ3n) is 3.75. The Hall–Kier alpha value is -1.78. The molecular formula is C15H21NO4. The van der Waals surface area contributed by atoms with Crippen LogP contribution in [0, 0.1) is 0 Å². The van der Waals surface area contributed by atoms with Gasteiger partial charge in [0.1, 0.15) is 12.1 Å². The Morgan fingerprint density at radius 2 is 2.05 bits per heavy atom. The number of hydrogen-bond donors (Lipinski definition) is 0. The van der Waals surface area contributed by atoms with Crippen LogP contribution in [0.2, 0.25) is 0 Å². The lowest BCUT2D eigenvalue weighted by Crippen LogP contribution is -2.32. The predicted molar refractivity (Wildman–Crippen MR) is 74.9 cm³/mol. The molecule has 5 heteroatoms. The van der Waals surface area contributed by atoms with Crippen LogP contribution >= 0.6 is 0 Å². The molecule has 1 aliphatic carbocycles. The molecule has 1 fully saturated rings. The van der Waals surface area contributed by atoms with Crippen LogP contribution in [-0.4, -0.2) is 23.8 Å². The van der Waals surface area contributed by atoms with E-state index in [2.05, 4.69) is 0 Å². The van der Waals surface area contributed by atoms with Gasteiger partial charge < -0.3 is 9.47 Å². The summed E-state index contributed by atoms with van der Waals surface area (Å²) < 4.78 is 11.8. The van der Waals surface area contributed by atoms with E-state index in [1.807, 2.05) is 0 Å². The zero-order valence-electron chi connectivity index (χ0n) is 12.0. The van der Waals surface area contributed by atoms with Crippen LogP contribution < -0.4 is 10.3 Å². The molecule has 1 aliphatic rings. The third kappa shape index (κ3) is 3.21. The van der Waals surface area contributed by atoms with Crippen molar-refractivity contribution in [2.45, 2.75) is 51.2 Å². The van der Waals surface area contributed by atoms with E-state index in [1.165, 1.54) is 18.1 Å². The van der Waals surface area contributed by atoms with E-state index in [9.17, 15) is 9.59 Å². The van der Waals surface area contributed by atoms with Gasteiger partial charge in [0.05, 0.1) is 7.11 Å². The van der Waals surface area contributed by atoms with Gasteiger partial charge in [-0.05, 0) is 44.7 Å². The highest BCUT2D eigenvalue weighted by Crippen LogP contribution is 2.22. The van der Waals surface area contributed by atoms with Crippen molar-refractivity contribution in [3.63, 3.8) is 0 Å². The highest BCUT2D eigenvalue weighted by molar-refractivity contribution is 5.74. The van der Waals surface area contributed by atoms with Crippen molar-refractivity contribution < 1.29 is 14.3 Å². The standard InChI is InChI=1S/C15H21NO4/c1-11(15(18)20-12-7-4-3-5-8-12)16-10-6-9-13(19-2)14(16)17/h6,9-12H,3-5,7-8H2,1-2H3. The van der Waals surface area contributed by atoms with E-state index >= 15 is 0 Å². The van der Waals surface area contributed by atoms with Gasteiger partial charge in [0.15, 0.2) is 5.75 Å². The highest BCUT2D eigenvalue weighted by Gasteiger charge is 2.23. The highest BCUT2D eigenvalue weighted by atomic mass is 16.5. The van der Waals surface area contributed by atoms with Crippen molar-refractivity contribution in [1.29, 1.82) is 0 Å². The number of hydrogen-bond acceptors (Lipinski definition) is 4. The van der Waals surface area contributed by atoms with Crippen LogP contribution in [-0.2, 0) is 9.53 Å². The van der Waals surface area contributed by atoms with E-state index in [1.54, 1.807) is 25.3 Å². The summed E-state index contributed by atoms with van der Waals surface area (Å²) >= 11 is 0. The molecule has 1 unspecified atom stereocenters. The van der Waals surface area contributed by atoms with Crippen LogP contribution in [0.25, 0.3) is 0 Å². The van der Waals surface area contributed by atoms with Gasteiger partial charge in [0.25, 0.3) is 5.56 Å². The van der Waals surface area contributed by atoms with Gasteiger partial charge in [-0.3, -0.25) is 9.36 Å². The van der Waals surface area contributed by atoms with Crippen LogP contribution in [0.4, 0.5) is 0 Å². The Morgan fingerprint density at radius 3 is 2.70 bits per heavy atom. The first-order valence-electron chi connectivity index (χ1n) is 7.09. The molecule has 0 N–H and O–H groups in total. The lowest BCUT2D eigenvalue weighted by atomic mass is 9.98. The predicted octanol–water partition coefficient (Wildman–Crippen LogP) is 2.29. The number of ether oxygens (including phenoxy) is 2. The van der Waals surface area contributed by atoms with Crippen molar-refractivity contribution in [2.24, 2.45) is 0 Å². The minimum atomic E-state index is -0.639. The van der Waals surface area contributed by atoms with E-state index in [0.29, 0.717) is 0 Å². The Labute approximate surface area is 118 Å². The van der Waals surface area contributed by atoms with Gasteiger partial charge in [-0.15, -0.1) is 0 Å². The lowest BCUT2D eigenvalue weighted by Gasteiger charge is -2.24. The summed E-state index contributed by atoms with van der Waals surface area (Å²) in [7, 11) is 1.44. The molecule has 1 heterocycles. The molecule has 1 saturated carbocycles. The summed E-state index contributed by atoms with van der Waals surface area (Å²) in [6.07, 6.45) is 6.84. The molecule has 0 aromatic carbocycles. The maximum Gasteiger partial charge on any atom is 0.329 e. The molecule has 20 heavy (non-hydrogen) atoms. The van der Waals surface area contributed by atoms with Crippen molar-refractivity contribution in [3.05, 3.63) is 28.7 Å². The largest absolute Gasteiger partial charge is 0.491 e. The van der Waals surface area contributed by atoms with E-state index in [4.69, 9.17) is 9.47 Å². The summed E-state index contributed by atoms with van der Waals surface area (Å²) in [5.74, 6) is -0.128. The average Bonchev–Trinajstić information content (AvgIpc) is 2.48. The first kappa shape index (κ1) is 14.6. The molecule has 0 amide bonds. The number of carbonyl (C=O) groups is 1. The topological polar surface area (TPSA) is 57.5 Å². The molecular weight excluding hydrogens is 258 g/mol. The number of carbonyl (C=O) groups excluding carboxylic acids is 1. The second kappa shape index (κ2) is 6.59. The fourth-order valence-electron chi connectivity index (χ4n) is 2.51. The van der Waals surface area contributed by atoms with Crippen LogP contribution in [0.5, 0.6) is 5.75 Å². The number of methoxy groups -OCH3 is 1. The Kier molecular flexibility index (Phi) is 4.82. The molecule has 110 valence electrons. The second-order valence-electron chi connectivity index (χ2n) is 5.16. The first-order valence-corrected chi connectivity index (χ1v) is 7.09. The molecule has 0 bridgehead atoms. The number of rotatable bonds is 4. The van der Waals surface area contributed by atoms with Crippen LogP contribution in [0.15, 0.2) is 23.1 Å². The first-order chi connectivity index (χ1) is 9.63. The monoisotopic (exact) mass is 279 g/mol. The van der Waals surface area contributed by atoms with E-state index < -0.39 is 6.04 Å². The summed E-state index contributed by atoms with van der Waals surface area (Å²) in [6.45, 7) is 1.67. The molecule has 0 saturated heterocycles. The summed E-state index contributed by atoms with van der Waals surface area (Å²) in [5.41, 5.74) is -0.317. The molecule has 0 spiro atoms. The zero-order valence-corrected chi connectivity index (χ0v) is 12.0. The lowest BCUT2D eigenvalue weighted by molar-refractivity contribution is -0.154. The molecule has 1 atom stereocenters. The number of pyridine rings is 1. The fourth-order valence-corrected chi connectivity index (χ4v) is 2.51. The van der Waals surface area contributed by atoms with Crippen LogP contribution in [0.1, 0.15) is 45.1 Å². The maximum atomic E-state index is 12.1. The summed E-state index contributed by atoms with van der Waals surface area (Å²) in [4.78, 5) is 24.2. The van der Waals surface area contributed by atoms with Gasteiger partial charge in [0, 0.05) is 6.20 Å². The second-order valence-corrected chi connectivity index (χ2v) is 5.16. The Morgan fingerprint density at radius 1 is 1.35 bits per heavy atom.